The van der Waals surface area contributed by atoms with Crippen LogP contribution >= 0.6 is 0 Å². The SMILES string of the molecule is CCNC(=NCc1ccc(C#N)cc1)NCCOC. The minimum absolute atomic E-state index is 0.577. The Morgan fingerprint density at radius 1 is 1.32 bits per heavy atom. The smallest absolute Gasteiger partial charge is 0.191 e. The van der Waals surface area contributed by atoms with Crippen LogP contribution in [0.5, 0.6) is 0 Å². The number of guanidine groups is 1. The molecule has 0 aromatic heterocycles. The van der Waals surface area contributed by atoms with Gasteiger partial charge in [0.1, 0.15) is 0 Å². The summed E-state index contributed by atoms with van der Waals surface area (Å²) in [4.78, 5) is 4.47. The first-order valence-corrected chi connectivity index (χ1v) is 6.30. The van der Waals surface area contributed by atoms with Crippen molar-refractivity contribution < 1.29 is 4.74 Å². The van der Waals surface area contributed by atoms with Crippen molar-refractivity contribution >= 4 is 5.96 Å². The van der Waals surface area contributed by atoms with E-state index < -0.39 is 0 Å². The van der Waals surface area contributed by atoms with Gasteiger partial charge >= 0.3 is 0 Å². The Bertz CT molecular complexity index is 434. The second-order valence-corrected chi connectivity index (χ2v) is 3.92. The normalized spacial score (nSPS) is 10.9. The highest BCUT2D eigenvalue weighted by molar-refractivity contribution is 5.79. The van der Waals surface area contributed by atoms with Crippen LogP contribution in [0.4, 0.5) is 0 Å². The molecule has 5 heteroatoms. The predicted molar refractivity (Wildman–Crippen MR) is 75.9 cm³/mol. The van der Waals surface area contributed by atoms with Crippen LogP contribution in [-0.2, 0) is 11.3 Å². The molecule has 0 fully saturated rings. The summed E-state index contributed by atoms with van der Waals surface area (Å²) in [6.07, 6.45) is 0. The lowest BCUT2D eigenvalue weighted by atomic mass is 10.1. The fourth-order valence-corrected chi connectivity index (χ4v) is 1.47. The predicted octanol–water partition coefficient (Wildman–Crippen LogP) is 1.26. The summed E-state index contributed by atoms with van der Waals surface area (Å²) in [6, 6.07) is 9.54. The highest BCUT2D eigenvalue weighted by atomic mass is 16.5. The zero-order valence-corrected chi connectivity index (χ0v) is 11.4. The van der Waals surface area contributed by atoms with Crippen molar-refractivity contribution in [3.63, 3.8) is 0 Å². The molecule has 0 amide bonds. The van der Waals surface area contributed by atoms with E-state index in [0.29, 0.717) is 18.7 Å². The van der Waals surface area contributed by atoms with E-state index in [-0.39, 0.29) is 0 Å². The van der Waals surface area contributed by atoms with E-state index in [2.05, 4.69) is 21.7 Å². The summed E-state index contributed by atoms with van der Waals surface area (Å²) < 4.78 is 4.98. The van der Waals surface area contributed by atoms with Crippen molar-refractivity contribution in [2.45, 2.75) is 13.5 Å². The van der Waals surface area contributed by atoms with Crippen LogP contribution < -0.4 is 10.6 Å². The van der Waals surface area contributed by atoms with Gasteiger partial charge in [0, 0.05) is 20.2 Å². The van der Waals surface area contributed by atoms with Crippen LogP contribution in [0.1, 0.15) is 18.1 Å². The first-order chi connectivity index (χ1) is 9.30. The van der Waals surface area contributed by atoms with Gasteiger partial charge in [-0.2, -0.15) is 5.26 Å². The summed E-state index contributed by atoms with van der Waals surface area (Å²) >= 11 is 0. The molecule has 0 aliphatic carbocycles. The van der Waals surface area contributed by atoms with Gasteiger partial charge in [0.25, 0.3) is 0 Å². The van der Waals surface area contributed by atoms with E-state index >= 15 is 0 Å². The molecule has 102 valence electrons. The van der Waals surface area contributed by atoms with Crippen molar-refractivity contribution in [2.24, 2.45) is 4.99 Å². The molecule has 0 heterocycles. The highest BCUT2D eigenvalue weighted by Gasteiger charge is 1.97. The third-order valence-corrected chi connectivity index (χ3v) is 2.45. The Morgan fingerprint density at radius 2 is 2.05 bits per heavy atom. The monoisotopic (exact) mass is 260 g/mol. The Kier molecular flexibility index (Phi) is 7.06. The first-order valence-electron chi connectivity index (χ1n) is 6.30. The Hall–Kier alpha value is -2.06. The molecule has 0 aliphatic heterocycles. The van der Waals surface area contributed by atoms with Crippen LogP contribution in [0.15, 0.2) is 29.3 Å². The van der Waals surface area contributed by atoms with Gasteiger partial charge in [0.15, 0.2) is 5.96 Å². The molecular weight excluding hydrogens is 240 g/mol. The molecule has 0 saturated heterocycles. The molecule has 0 aliphatic rings. The van der Waals surface area contributed by atoms with E-state index in [1.54, 1.807) is 19.2 Å². The van der Waals surface area contributed by atoms with Gasteiger partial charge in [-0.15, -0.1) is 0 Å². The van der Waals surface area contributed by atoms with Crippen LogP contribution in [0, 0.1) is 11.3 Å². The fraction of sp³-hybridized carbons (Fsp3) is 0.429. The number of nitriles is 1. The Labute approximate surface area is 114 Å². The van der Waals surface area contributed by atoms with Gasteiger partial charge < -0.3 is 15.4 Å². The molecule has 0 saturated carbocycles. The number of nitrogens with zero attached hydrogens (tertiary/aromatic N) is 2. The number of hydrogen-bond donors (Lipinski definition) is 2. The van der Waals surface area contributed by atoms with Crippen LogP contribution in [0.25, 0.3) is 0 Å². The number of benzene rings is 1. The molecule has 19 heavy (non-hydrogen) atoms. The number of rotatable bonds is 6. The topological polar surface area (TPSA) is 69.4 Å². The van der Waals surface area contributed by atoms with Gasteiger partial charge in [-0.05, 0) is 24.6 Å². The van der Waals surface area contributed by atoms with E-state index in [4.69, 9.17) is 10.00 Å². The molecule has 0 spiro atoms. The molecule has 1 aromatic carbocycles. The average Bonchev–Trinajstić information content (AvgIpc) is 2.45. The summed E-state index contributed by atoms with van der Waals surface area (Å²) in [5.74, 6) is 0.768. The second kappa shape index (κ2) is 8.95. The second-order valence-electron chi connectivity index (χ2n) is 3.92. The largest absolute Gasteiger partial charge is 0.383 e. The number of methoxy groups -OCH3 is 1. The lowest BCUT2D eigenvalue weighted by molar-refractivity contribution is 0.203. The number of nitrogens with one attached hydrogen (secondary N) is 2. The Balaban J connectivity index is 2.55. The van der Waals surface area contributed by atoms with Crippen molar-refractivity contribution in [2.75, 3.05) is 26.8 Å². The fourth-order valence-electron chi connectivity index (χ4n) is 1.47. The van der Waals surface area contributed by atoms with E-state index in [1.807, 2.05) is 19.1 Å². The van der Waals surface area contributed by atoms with Crippen molar-refractivity contribution in [1.29, 1.82) is 5.26 Å². The zero-order valence-electron chi connectivity index (χ0n) is 11.4. The summed E-state index contributed by atoms with van der Waals surface area (Å²) in [7, 11) is 1.67. The van der Waals surface area contributed by atoms with Gasteiger partial charge in [0.2, 0.25) is 0 Å². The van der Waals surface area contributed by atoms with Gasteiger partial charge in [-0.25, -0.2) is 4.99 Å². The molecule has 2 N–H and O–H groups in total. The average molecular weight is 260 g/mol. The van der Waals surface area contributed by atoms with Crippen LogP contribution in [-0.4, -0.2) is 32.8 Å². The van der Waals surface area contributed by atoms with E-state index in [9.17, 15) is 0 Å². The van der Waals surface area contributed by atoms with Gasteiger partial charge in [0.05, 0.1) is 24.8 Å². The standard InChI is InChI=1S/C14H20N4O/c1-3-16-14(17-8-9-19-2)18-11-13-6-4-12(10-15)5-7-13/h4-7H,3,8-9,11H2,1-2H3,(H2,16,17,18). The van der Waals surface area contributed by atoms with Crippen molar-refractivity contribution in [3.8, 4) is 6.07 Å². The summed E-state index contributed by atoms with van der Waals surface area (Å²) in [5.41, 5.74) is 1.74. The zero-order chi connectivity index (χ0) is 13.9. The molecular formula is C14H20N4O. The van der Waals surface area contributed by atoms with E-state index in [0.717, 1.165) is 24.6 Å². The number of hydrogen-bond acceptors (Lipinski definition) is 3. The third kappa shape index (κ3) is 5.89. The maximum atomic E-state index is 8.73. The molecule has 1 aromatic rings. The van der Waals surface area contributed by atoms with Crippen LogP contribution in [0.2, 0.25) is 0 Å². The van der Waals surface area contributed by atoms with E-state index in [1.165, 1.54) is 0 Å². The summed E-state index contributed by atoms with van der Waals surface area (Å²) in [5, 5.41) is 15.1. The van der Waals surface area contributed by atoms with Crippen molar-refractivity contribution in [3.05, 3.63) is 35.4 Å². The Morgan fingerprint density at radius 3 is 2.63 bits per heavy atom. The summed E-state index contributed by atoms with van der Waals surface area (Å²) in [6.45, 7) is 4.77. The molecule has 0 atom stereocenters. The van der Waals surface area contributed by atoms with Crippen molar-refractivity contribution in [1.82, 2.24) is 10.6 Å². The lowest BCUT2D eigenvalue weighted by Crippen LogP contribution is -2.38. The quantitative estimate of drug-likeness (QED) is 0.459. The first kappa shape index (κ1) is 15.0. The molecule has 5 nitrogen and oxygen atoms in total. The van der Waals surface area contributed by atoms with Gasteiger partial charge in [-0.3, -0.25) is 0 Å². The molecule has 1 rings (SSSR count). The maximum absolute atomic E-state index is 8.73. The lowest BCUT2D eigenvalue weighted by Gasteiger charge is -2.10. The number of aliphatic imine (C=N–C) groups is 1. The minimum atomic E-state index is 0.577. The highest BCUT2D eigenvalue weighted by Crippen LogP contribution is 2.04. The van der Waals surface area contributed by atoms with Gasteiger partial charge in [-0.1, -0.05) is 12.1 Å². The molecule has 0 unspecified atom stereocenters. The number of ether oxygens (including phenoxy) is 1. The minimum Gasteiger partial charge on any atom is -0.383 e. The molecule has 0 bridgehead atoms. The maximum Gasteiger partial charge on any atom is 0.191 e. The molecule has 0 radical (unpaired) electrons. The van der Waals surface area contributed by atoms with Crippen LogP contribution in [0.3, 0.4) is 0 Å². The third-order valence-electron chi connectivity index (χ3n) is 2.45.